The molecular formula is C21H33IN4O3. The van der Waals surface area contributed by atoms with Gasteiger partial charge in [0.15, 0.2) is 5.96 Å². The zero-order valence-electron chi connectivity index (χ0n) is 17.7. The fraction of sp³-hybridized carbons (Fsp3) is 0.571. The van der Waals surface area contributed by atoms with Crippen LogP contribution in [0.1, 0.15) is 38.7 Å². The number of guanidine groups is 1. The molecule has 1 aliphatic heterocycles. The molecule has 0 saturated carbocycles. The number of nitrogens with zero attached hydrogens (tertiary/aromatic N) is 2. The predicted molar refractivity (Wildman–Crippen MR) is 126 cm³/mol. The van der Waals surface area contributed by atoms with Gasteiger partial charge in [-0.2, -0.15) is 0 Å². The van der Waals surface area contributed by atoms with Crippen LogP contribution in [0.3, 0.4) is 0 Å². The number of halogens is 1. The molecule has 2 N–H and O–H groups in total. The topological polar surface area (TPSA) is 83.0 Å². The molecule has 2 rings (SSSR count). The summed E-state index contributed by atoms with van der Waals surface area (Å²) in [4.78, 5) is 30.2. The lowest BCUT2D eigenvalue weighted by atomic mass is 9.97. The van der Waals surface area contributed by atoms with E-state index in [9.17, 15) is 9.59 Å². The first-order valence-electron chi connectivity index (χ1n) is 9.85. The van der Waals surface area contributed by atoms with Gasteiger partial charge in [0.1, 0.15) is 0 Å². The predicted octanol–water partition coefficient (Wildman–Crippen LogP) is 3.25. The molecule has 0 aromatic heterocycles. The molecule has 1 amide bonds. The minimum atomic E-state index is -0.126. The molecule has 7 nitrogen and oxygen atoms in total. The number of benzene rings is 1. The molecule has 1 aromatic carbocycles. The summed E-state index contributed by atoms with van der Waals surface area (Å²) in [6.45, 7) is 6.20. The van der Waals surface area contributed by atoms with Crippen LogP contribution in [0, 0.1) is 11.8 Å². The van der Waals surface area contributed by atoms with Gasteiger partial charge in [0.05, 0.1) is 13.0 Å². The molecule has 0 spiro atoms. The van der Waals surface area contributed by atoms with Crippen LogP contribution in [0.5, 0.6) is 0 Å². The Labute approximate surface area is 190 Å². The number of rotatable bonds is 6. The highest BCUT2D eigenvalue weighted by Gasteiger charge is 2.26. The molecule has 1 saturated heterocycles. The third-order valence-electron chi connectivity index (χ3n) is 4.80. The average Bonchev–Trinajstić information content (AvgIpc) is 2.68. The van der Waals surface area contributed by atoms with E-state index in [4.69, 9.17) is 4.74 Å². The lowest BCUT2D eigenvalue weighted by molar-refractivity contribution is -0.146. The Morgan fingerprint density at radius 2 is 1.97 bits per heavy atom. The molecule has 1 aromatic rings. The van der Waals surface area contributed by atoms with E-state index in [-0.39, 0.29) is 41.8 Å². The van der Waals surface area contributed by atoms with Crippen LogP contribution in [-0.4, -0.2) is 50.0 Å². The van der Waals surface area contributed by atoms with E-state index in [1.165, 1.54) is 7.11 Å². The molecule has 0 bridgehead atoms. The summed E-state index contributed by atoms with van der Waals surface area (Å²) in [5.41, 5.74) is 1.87. The maximum absolute atomic E-state index is 12.0. The minimum Gasteiger partial charge on any atom is -0.469 e. The van der Waals surface area contributed by atoms with Crippen LogP contribution in [0.4, 0.5) is 5.69 Å². The molecule has 1 heterocycles. The standard InChI is InChI=1S/C21H32N4O3.HI/c1-15(2)12-19(26)24-18-7-5-6-16(13-18)14-23-21(22-3)25-10-8-17(9-11-25)20(27)28-4;/h5-7,13,15,17H,8-12,14H2,1-4H3,(H,22,23)(H,24,26);1H. The molecule has 0 radical (unpaired) electrons. The molecular weight excluding hydrogens is 483 g/mol. The first-order chi connectivity index (χ1) is 13.4. The fourth-order valence-electron chi connectivity index (χ4n) is 3.35. The van der Waals surface area contributed by atoms with Gasteiger partial charge in [-0.3, -0.25) is 14.6 Å². The van der Waals surface area contributed by atoms with Crippen molar-refractivity contribution >= 4 is 47.5 Å². The number of amides is 1. The highest BCUT2D eigenvalue weighted by Crippen LogP contribution is 2.19. The average molecular weight is 516 g/mol. The Balaban J connectivity index is 0.00000420. The first kappa shape index (κ1) is 25.2. The molecule has 1 aliphatic rings. The second-order valence-electron chi connectivity index (χ2n) is 7.53. The number of ether oxygens (including phenoxy) is 1. The maximum atomic E-state index is 12.0. The number of methoxy groups -OCH3 is 1. The second-order valence-corrected chi connectivity index (χ2v) is 7.53. The largest absolute Gasteiger partial charge is 0.469 e. The summed E-state index contributed by atoms with van der Waals surface area (Å²) in [6, 6.07) is 7.82. The molecule has 162 valence electrons. The zero-order valence-corrected chi connectivity index (χ0v) is 20.1. The first-order valence-corrected chi connectivity index (χ1v) is 9.85. The van der Waals surface area contributed by atoms with Crippen LogP contribution in [0.25, 0.3) is 0 Å². The van der Waals surface area contributed by atoms with Crippen molar-refractivity contribution in [2.75, 3.05) is 32.6 Å². The van der Waals surface area contributed by atoms with Crippen LogP contribution in [-0.2, 0) is 20.9 Å². The van der Waals surface area contributed by atoms with Crippen molar-refractivity contribution in [3.63, 3.8) is 0 Å². The molecule has 1 fully saturated rings. The summed E-state index contributed by atoms with van der Waals surface area (Å²) in [7, 11) is 3.20. The number of carbonyl (C=O) groups excluding carboxylic acids is 2. The number of hydrogen-bond acceptors (Lipinski definition) is 4. The van der Waals surface area contributed by atoms with Gasteiger partial charge in [-0.05, 0) is 36.5 Å². The van der Waals surface area contributed by atoms with Gasteiger partial charge in [-0.25, -0.2) is 0 Å². The molecule has 0 atom stereocenters. The van der Waals surface area contributed by atoms with Crippen LogP contribution in [0.15, 0.2) is 29.3 Å². The van der Waals surface area contributed by atoms with Crippen molar-refractivity contribution in [3.8, 4) is 0 Å². The monoisotopic (exact) mass is 516 g/mol. The Bertz CT molecular complexity index is 701. The number of hydrogen-bond donors (Lipinski definition) is 2. The van der Waals surface area contributed by atoms with Crippen LogP contribution < -0.4 is 10.6 Å². The van der Waals surface area contributed by atoms with Crippen molar-refractivity contribution in [1.29, 1.82) is 0 Å². The highest BCUT2D eigenvalue weighted by molar-refractivity contribution is 14.0. The quantitative estimate of drug-likeness (QED) is 0.263. The molecule has 8 heteroatoms. The number of aliphatic imine (C=N–C) groups is 1. The zero-order chi connectivity index (χ0) is 20.5. The van der Waals surface area contributed by atoms with E-state index in [1.54, 1.807) is 7.05 Å². The van der Waals surface area contributed by atoms with Crippen molar-refractivity contribution < 1.29 is 14.3 Å². The third-order valence-corrected chi connectivity index (χ3v) is 4.80. The molecule has 29 heavy (non-hydrogen) atoms. The van der Waals surface area contributed by atoms with E-state index in [1.807, 2.05) is 38.1 Å². The normalized spacial score (nSPS) is 14.9. The van der Waals surface area contributed by atoms with Gasteiger partial charge >= 0.3 is 5.97 Å². The van der Waals surface area contributed by atoms with Gasteiger partial charge < -0.3 is 20.3 Å². The number of carbonyl (C=O) groups is 2. The van der Waals surface area contributed by atoms with E-state index in [0.29, 0.717) is 18.9 Å². The van der Waals surface area contributed by atoms with E-state index in [0.717, 1.165) is 43.1 Å². The van der Waals surface area contributed by atoms with E-state index >= 15 is 0 Å². The number of piperidine rings is 1. The summed E-state index contributed by atoms with van der Waals surface area (Å²) in [5.74, 6) is 1.03. The second kappa shape index (κ2) is 12.7. The Hall–Kier alpha value is -1.84. The Kier molecular flexibility index (Phi) is 11.0. The minimum absolute atomic E-state index is 0. The summed E-state index contributed by atoms with van der Waals surface area (Å²) in [6.07, 6.45) is 2.05. The number of likely N-dealkylation sites (tertiary alicyclic amines) is 1. The lowest BCUT2D eigenvalue weighted by Crippen LogP contribution is -2.46. The Morgan fingerprint density at radius 1 is 1.28 bits per heavy atom. The number of anilines is 1. The lowest BCUT2D eigenvalue weighted by Gasteiger charge is -2.33. The Morgan fingerprint density at radius 3 is 2.55 bits per heavy atom. The summed E-state index contributed by atoms with van der Waals surface area (Å²) >= 11 is 0. The molecule has 0 aliphatic carbocycles. The van der Waals surface area contributed by atoms with Crippen molar-refractivity contribution in [3.05, 3.63) is 29.8 Å². The van der Waals surface area contributed by atoms with Crippen LogP contribution >= 0.6 is 24.0 Å². The SMILES string of the molecule is CN=C(NCc1cccc(NC(=O)CC(C)C)c1)N1CCC(C(=O)OC)CC1.I. The molecule has 0 unspecified atom stereocenters. The van der Waals surface area contributed by atoms with Crippen LogP contribution in [0.2, 0.25) is 0 Å². The van der Waals surface area contributed by atoms with Crippen molar-refractivity contribution in [1.82, 2.24) is 10.2 Å². The third kappa shape index (κ3) is 8.20. The number of nitrogens with one attached hydrogen (secondary N) is 2. The summed E-state index contributed by atoms with van der Waals surface area (Å²) < 4.78 is 4.84. The van der Waals surface area contributed by atoms with Crippen molar-refractivity contribution in [2.45, 2.75) is 39.7 Å². The van der Waals surface area contributed by atoms with Gasteiger partial charge in [-0.1, -0.05) is 26.0 Å². The van der Waals surface area contributed by atoms with Crippen molar-refractivity contribution in [2.24, 2.45) is 16.8 Å². The van der Waals surface area contributed by atoms with E-state index in [2.05, 4.69) is 20.5 Å². The van der Waals surface area contributed by atoms with Gasteiger partial charge in [0, 0.05) is 38.8 Å². The smallest absolute Gasteiger partial charge is 0.308 e. The van der Waals surface area contributed by atoms with Gasteiger partial charge in [0.2, 0.25) is 5.91 Å². The number of esters is 1. The van der Waals surface area contributed by atoms with E-state index < -0.39 is 0 Å². The van der Waals surface area contributed by atoms with Gasteiger partial charge in [0.25, 0.3) is 0 Å². The summed E-state index contributed by atoms with van der Waals surface area (Å²) in [5, 5.41) is 6.32. The van der Waals surface area contributed by atoms with Gasteiger partial charge in [-0.15, -0.1) is 24.0 Å². The maximum Gasteiger partial charge on any atom is 0.308 e. The highest BCUT2D eigenvalue weighted by atomic mass is 127. The fourth-order valence-corrected chi connectivity index (χ4v) is 3.35.